The molecule has 1 heterocycles. The van der Waals surface area contributed by atoms with Gasteiger partial charge >= 0.3 is 12.0 Å². The van der Waals surface area contributed by atoms with Crippen LogP contribution in [0.5, 0.6) is 0 Å². The fourth-order valence-electron chi connectivity index (χ4n) is 2.30. The Morgan fingerprint density at radius 2 is 2.00 bits per heavy atom. The molecule has 1 aromatic rings. The van der Waals surface area contributed by atoms with E-state index in [0.717, 1.165) is 25.9 Å². The molecule has 0 aromatic heterocycles. The molecule has 0 bridgehead atoms. The lowest BCUT2D eigenvalue weighted by Crippen LogP contribution is -2.45. The Morgan fingerprint density at radius 3 is 2.62 bits per heavy atom. The van der Waals surface area contributed by atoms with Crippen LogP contribution < -0.4 is 10.6 Å². The number of hydrogen-bond acceptors (Lipinski definition) is 3. The summed E-state index contributed by atoms with van der Waals surface area (Å²) in [6.45, 7) is 1.90. The van der Waals surface area contributed by atoms with E-state index in [1.807, 2.05) is 0 Å². The number of halogens is 1. The van der Waals surface area contributed by atoms with E-state index in [0.29, 0.717) is 4.47 Å². The molecule has 6 nitrogen and oxygen atoms in total. The number of amides is 2. The van der Waals surface area contributed by atoms with Gasteiger partial charge in [0.15, 0.2) is 0 Å². The zero-order valence-electron chi connectivity index (χ0n) is 11.7. The molecule has 0 unspecified atom stereocenters. The topological polar surface area (TPSA) is 81.7 Å². The van der Waals surface area contributed by atoms with Gasteiger partial charge in [-0.2, -0.15) is 0 Å². The number of piperidine rings is 1. The second-order valence-electron chi connectivity index (χ2n) is 5.17. The minimum absolute atomic E-state index is 0.0582. The predicted octanol–water partition coefficient (Wildman–Crippen LogP) is 2.36. The van der Waals surface area contributed by atoms with Crippen molar-refractivity contribution in [2.24, 2.45) is 0 Å². The van der Waals surface area contributed by atoms with E-state index >= 15 is 0 Å². The number of carbonyl (C=O) groups excluding carboxylic acids is 1. The zero-order valence-corrected chi connectivity index (χ0v) is 13.3. The summed E-state index contributed by atoms with van der Waals surface area (Å²) in [5.41, 5.74) is 0.346. The molecule has 0 radical (unpaired) electrons. The molecule has 0 saturated carbocycles. The van der Waals surface area contributed by atoms with Crippen molar-refractivity contribution in [3.8, 4) is 0 Å². The Labute approximate surface area is 131 Å². The third-order valence-electron chi connectivity index (χ3n) is 3.51. The first-order chi connectivity index (χ1) is 9.95. The van der Waals surface area contributed by atoms with Crippen molar-refractivity contribution >= 4 is 33.6 Å². The second kappa shape index (κ2) is 6.91. The van der Waals surface area contributed by atoms with Crippen LogP contribution in [-0.4, -0.2) is 48.2 Å². The van der Waals surface area contributed by atoms with Crippen molar-refractivity contribution in [2.75, 3.05) is 25.5 Å². The fourth-order valence-corrected chi connectivity index (χ4v) is 2.66. The first kappa shape index (κ1) is 15.8. The van der Waals surface area contributed by atoms with Gasteiger partial charge < -0.3 is 20.6 Å². The first-order valence-corrected chi connectivity index (χ1v) is 7.54. The minimum Gasteiger partial charge on any atom is -0.478 e. The highest BCUT2D eigenvalue weighted by atomic mass is 79.9. The van der Waals surface area contributed by atoms with E-state index in [9.17, 15) is 9.59 Å². The number of anilines is 1. The number of hydrogen-bond donors (Lipinski definition) is 3. The summed E-state index contributed by atoms with van der Waals surface area (Å²) in [6.07, 6.45) is 1.80. The SMILES string of the molecule is CN1CCC(NC(=O)Nc2ccc(Br)cc2C(=O)O)CC1. The average molecular weight is 356 g/mol. The Morgan fingerprint density at radius 1 is 1.33 bits per heavy atom. The molecule has 21 heavy (non-hydrogen) atoms. The van der Waals surface area contributed by atoms with E-state index in [4.69, 9.17) is 5.11 Å². The van der Waals surface area contributed by atoms with Gasteiger partial charge in [0, 0.05) is 10.5 Å². The van der Waals surface area contributed by atoms with Gasteiger partial charge in [-0.1, -0.05) is 15.9 Å². The van der Waals surface area contributed by atoms with Crippen LogP contribution in [0.15, 0.2) is 22.7 Å². The Hall–Kier alpha value is -1.60. The molecule has 7 heteroatoms. The molecule has 1 aromatic carbocycles. The number of likely N-dealkylation sites (tertiary alicyclic amines) is 1. The standard InChI is InChI=1S/C14H18BrN3O3/c1-18-6-4-10(5-7-18)16-14(21)17-12-3-2-9(15)8-11(12)13(19)20/h2-3,8,10H,4-7H2,1H3,(H,19,20)(H2,16,17,21). The van der Waals surface area contributed by atoms with Crippen LogP contribution >= 0.6 is 15.9 Å². The predicted molar refractivity (Wildman–Crippen MR) is 83.8 cm³/mol. The van der Waals surface area contributed by atoms with Crippen molar-refractivity contribution in [1.29, 1.82) is 0 Å². The van der Waals surface area contributed by atoms with Crippen LogP contribution in [0.25, 0.3) is 0 Å². The van der Waals surface area contributed by atoms with Crippen molar-refractivity contribution in [2.45, 2.75) is 18.9 Å². The van der Waals surface area contributed by atoms with Crippen LogP contribution in [-0.2, 0) is 0 Å². The van der Waals surface area contributed by atoms with Crippen molar-refractivity contribution < 1.29 is 14.7 Å². The lowest BCUT2D eigenvalue weighted by atomic mass is 10.1. The molecule has 2 rings (SSSR count). The Kier molecular flexibility index (Phi) is 5.19. The van der Waals surface area contributed by atoms with Crippen LogP contribution in [0, 0.1) is 0 Å². The van der Waals surface area contributed by atoms with Crippen molar-refractivity contribution in [1.82, 2.24) is 10.2 Å². The van der Waals surface area contributed by atoms with Gasteiger partial charge in [0.05, 0.1) is 11.3 Å². The van der Waals surface area contributed by atoms with Crippen LogP contribution in [0.4, 0.5) is 10.5 Å². The van der Waals surface area contributed by atoms with E-state index in [1.165, 1.54) is 6.07 Å². The summed E-state index contributed by atoms with van der Waals surface area (Å²) in [6, 6.07) is 4.49. The van der Waals surface area contributed by atoms with E-state index in [-0.39, 0.29) is 23.3 Å². The van der Waals surface area contributed by atoms with Crippen molar-refractivity contribution in [3.05, 3.63) is 28.2 Å². The zero-order chi connectivity index (χ0) is 15.4. The molecule has 1 aliphatic heterocycles. The van der Waals surface area contributed by atoms with Crippen LogP contribution in [0.3, 0.4) is 0 Å². The summed E-state index contributed by atoms with van der Waals surface area (Å²) in [5, 5.41) is 14.7. The molecule has 1 fully saturated rings. The van der Waals surface area contributed by atoms with E-state index in [1.54, 1.807) is 12.1 Å². The van der Waals surface area contributed by atoms with Gasteiger partial charge in [0.2, 0.25) is 0 Å². The lowest BCUT2D eigenvalue weighted by Gasteiger charge is -2.29. The van der Waals surface area contributed by atoms with Gasteiger partial charge in [0.1, 0.15) is 0 Å². The maximum Gasteiger partial charge on any atom is 0.337 e. The summed E-state index contributed by atoms with van der Waals surface area (Å²) >= 11 is 3.22. The molecule has 0 atom stereocenters. The highest BCUT2D eigenvalue weighted by Gasteiger charge is 2.19. The molecule has 0 aliphatic carbocycles. The normalized spacial score (nSPS) is 16.5. The van der Waals surface area contributed by atoms with Crippen LogP contribution in [0.1, 0.15) is 23.2 Å². The highest BCUT2D eigenvalue weighted by Crippen LogP contribution is 2.21. The van der Waals surface area contributed by atoms with Gasteiger partial charge in [-0.25, -0.2) is 9.59 Å². The van der Waals surface area contributed by atoms with Gasteiger partial charge in [0.25, 0.3) is 0 Å². The number of carbonyl (C=O) groups is 2. The van der Waals surface area contributed by atoms with Crippen molar-refractivity contribution in [3.63, 3.8) is 0 Å². The van der Waals surface area contributed by atoms with E-state index < -0.39 is 5.97 Å². The Balaban J connectivity index is 1.98. The van der Waals surface area contributed by atoms with Gasteiger partial charge in [-0.15, -0.1) is 0 Å². The summed E-state index contributed by atoms with van der Waals surface area (Å²) in [5.74, 6) is -1.08. The number of nitrogens with zero attached hydrogens (tertiary/aromatic N) is 1. The second-order valence-corrected chi connectivity index (χ2v) is 6.09. The number of nitrogens with one attached hydrogen (secondary N) is 2. The molecular formula is C14H18BrN3O3. The molecule has 1 saturated heterocycles. The monoisotopic (exact) mass is 355 g/mol. The molecule has 114 valence electrons. The number of carboxylic acid groups (broad SMARTS) is 1. The average Bonchev–Trinajstić information content (AvgIpc) is 2.43. The number of urea groups is 1. The fraction of sp³-hybridized carbons (Fsp3) is 0.429. The minimum atomic E-state index is -1.08. The largest absolute Gasteiger partial charge is 0.478 e. The maximum atomic E-state index is 12.0. The van der Waals surface area contributed by atoms with Crippen LogP contribution in [0.2, 0.25) is 0 Å². The maximum absolute atomic E-state index is 12.0. The third-order valence-corrected chi connectivity index (χ3v) is 4.01. The molecule has 1 aliphatic rings. The Bertz CT molecular complexity index is 542. The van der Waals surface area contributed by atoms with Gasteiger partial charge in [-0.3, -0.25) is 0 Å². The third kappa shape index (κ3) is 4.44. The lowest BCUT2D eigenvalue weighted by molar-refractivity contribution is 0.0698. The highest BCUT2D eigenvalue weighted by molar-refractivity contribution is 9.10. The smallest absolute Gasteiger partial charge is 0.337 e. The number of benzene rings is 1. The number of aromatic carboxylic acids is 1. The molecular weight excluding hydrogens is 338 g/mol. The summed E-state index contributed by atoms with van der Waals surface area (Å²) < 4.78 is 0.654. The van der Waals surface area contributed by atoms with E-state index in [2.05, 4.69) is 38.5 Å². The summed E-state index contributed by atoms with van der Waals surface area (Å²) in [7, 11) is 2.05. The molecule has 3 N–H and O–H groups in total. The summed E-state index contributed by atoms with van der Waals surface area (Å²) in [4.78, 5) is 25.4. The van der Waals surface area contributed by atoms with Gasteiger partial charge in [-0.05, 0) is 51.2 Å². The first-order valence-electron chi connectivity index (χ1n) is 6.74. The molecule has 2 amide bonds. The number of rotatable bonds is 3. The molecule has 0 spiro atoms. The number of carboxylic acids is 1. The quantitative estimate of drug-likeness (QED) is 0.777.